The van der Waals surface area contributed by atoms with Crippen LogP contribution in [-0.2, 0) is 9.53 Å². The highest BCUT2D eigenvalue weighted by Crippen LogP contribution is 2.25. The van der Waals surface area contributed by atoms with Gasteiger partial charge in [0.15, 0.2) is 8.24 Å². The molecule has 4 nitrogen and oxygen atoms in total. The number of rotatable bonds is 5. The zero-order valence-electron chi connectivity index (χ0n) is 14.1. The Bertz CT molecular complexity index is 596. The normalized spacial score (nSPS) is 12.0. The fraction of sp³-hybridized carbons (Fsp3) is 0.375. The van der Waals surface area contributed by atoms with E-state index < -0.39 is 14.2 Å². The van der Waals surface area contributed by atoms with Gasteiger partial charge in [-0.15, -0.1) is 0 Å². The highest BCUT2D eigenvalue weighted by atomic mass is 35.5. The van der Waals surface area contributed by atoms with Crippen LogP contribution in [0.15, 0.2) is 30.0 Å². The van der Waals surface area contributed by atoms with Gasteiger partial charge in [-0.1, -0.05) is 55.1 Å². The standard InChI is InChI=1S/C16H22ClNO3SSi/c1-6-21-15(19)14(11-12-7-9-13(17)10-8-12)18(16(20)22-2)23(3,4)5/h7-11H,6H2,1-5H3/b14-11-. The summed E-state index contributed by atoms with van der Waals surface area (Å²) < 4.78 is 6.76. The number of amides is 1. The molecular weight excluding hydrogens is 350 g/mol. The first-order valence-electron chi connectivity index (χ1n) is 7.23. The Labute approximate surface area is 147 Å². The minimum Gasteiger partial charge on any atom is -0.461 e. The van der Waals surface area contributed by atoms with E-state index in [1.807, 2.05) is 19.6 Å². The van der Waals surface area contributed by atoms with Crippen molar-refractivity contribution in [2.45, 2.75) is 26.6 Å². The molecule has 0 saturated carbocycles. The zero-order valence-corrected chi connectivity index (χ0v) is 16.6. The molecule has 1 aromatic rings. The van der Waals surface area contributed by atoms with E-state index in [4.69, 9.17) is 16.3 Å². The summed E-state index contributed by atoms with van der Waals surface area (Å²) in [6.45, 7) is 8.03. The van der Waals surface area contributed by atoms with Gasteiger partial charge < -0.3 is 9.30 Å². The number of benzene rings is 1. The number of hydrogen-bond acceptors (Lipinski definition) is 4. The number of hydrogen-bond donors (Lipinski definition) is 0. The van der Waals surface area contributed by atoms with E-state index >= 15 is 0 Å². The van der Waals surface area contributed by atoms with Crippen molar-refractivity contribution < 1.29 is 14.3 Å². The average Bonchev–Trinajstić information content (AvgIpc) is 2.47. The third-order valence-corrected chi connectivity index (χ3v) is 5.66. The predicted octanol–water partition coefficient (Wildman–Crippen LogP) is 4.86. The molecule has 7 heteroatoms. The highest BCUT2D eigenvalue weighted by Gasteiger charge is 2.35. The van der Waals surface area contributed by atoms with Gasteiger partial charge in [0.25, 0.3) is 5.24 Å². The molecule has 0 radical (unpaired) electrons. The first-order valence-corrected chi connectivity index (χ1v) is 12.3. The summed E-state index contributed by atoms with van der Waals surface area (Å²) in [4.78, 5) is 24.8. The quantitative estimate of drug-likeness (QED) is 0.421. The van der Waals surface area contributed by atoms with E-state index in [-0.39, 0.29) is 17.5 Å². The third kappa shape index (κ3) is 5.71. The Morgan fingerprint density at radius 1 is 1.26 bits per heavy atom. The molecule has 0 aliphatic rings. The number of thioether (sulfide) groups is 1. The number of carbonyl (C=O) groups excluding carboxylic acids is 2. The Kier molecular flexibility index (Phi) is 7.37. The Balaban J connectivity index is 3.40. The van der Waals surface area contributed by atoms with Crippen molar-refractivity contribution in [3.63, 3.8) is 0 Å². The topological polar surface area (TPSA) is 46.6 Å². The highest BCUT2D eigenvalue weighted by molar-refractivity contribution is 8.13. The van der Waals surface area contributed by atoms with Crippen LogP contribution in [0.5, 0.6) is 0 Å². The molecule has 0 fully saturated rings. The number of esters is 1. The van der Waals surface area contributed by atoms with E-state index in [1.165, 1.54) is 0 Å². The molecule has 0 unspecified atom stereocenters. The van der Waals surface area contributed by atoms with Gasteiger partial charge in [0.1, 0.15) is 5.70 Å². The number of ether oxygens (including phenoxy) is 1. The second-order valence-corrected chi connectivity index (χ2v) is 11.8. The first-order chi connectivity index (χ1) is 10.7. The van der Waals surface area contributed by atoms with Gasteiger partial charge in [-0.05, 0) is 37.0 Å². The molecule has 0 aromatic heterocycles. The second-order valence-electron chi connectivity index (χ2n) is 5.78. The maximum atomic E-state index is 12.4. The maximum Gasteiger partial charge on any atom is 0.354 e. The monoisotopic (exact) mass is 371 g/mol. The number of carbonyl (C=O) groups is 2. The molecule has 0 bridgehead atoms. The van der Waals surface area contributed by atoms with Crippen LogP contribution >= 0.6 is 23.4 Å². The molecule has 0 spiro atoms. The number of halogens is 1. The lowest BCUT2D eigenvalue weighted by Gasteiger charge is -2.34. The van der Waals surface area contributed by atoms with Crippen LogP contribution in [0.3, 0.4) is 0 Å². The van der Waals surface area contributed by atoms with Crippen LogP contribution < -0.4 is 0 Å². The lowest BCUT2D eigenvalue weighted by Crippen LogP contribution is -2.49. The molecule has 1 aromatic carbocycles. The number of nitrogens with zero attached hydrogens (tertiary/aromatic N) is 1. The van der Waals surface area contributed by atoms with Crippen molar-refractivity contribution in [1.29, 1.82) is 0 Å². The van der Waals surface area contributed by atoms with Crippen LogP contribution in [0.25, 0.3) is 6.08 Å². The summed E-state index contributed by atoms with van der Waals surface area (Å²) in [5, 5.41) is 0.458. The Hall–Kier alpha value is -1.24. The van der Waals surface area contributed by atoms with E-state index in [1.54, 1.807) is 48.1 Å². The summed E-state index contributed by atoms with van der Waals surface area (Å²) in [6, 6.07) is 7.08. The molecule has 0 aliphatic heterocycles. The van der Waals surface area contributed by atoms with Gasteiger partial charge in [-0.25, -0.2) is 4.79 Å². The van der Waals surface area contributed by atoms with Gasteiger partial charge in [-0.3, -0.25) is 4.79 Å². The fourth-order valence-electron chi connectivity index (χ4n) is 1.96. The van der Waals surface area contributed by atoms with Crippen molar-refractivity contribution in [3.8, 4) is 0 Å². The summed E-state index contributed by atoms with van der Waals surface area (Å²) >= 11 is 6.98. The van der Waals surface area contributed by atoms with Crippen LogP contribution in [0.1, 0.15) is 12.5 Å². The minimum absolute atomic E-state index is 0.155. The molecule has 23 heavy (non-hydrogen) atoms. The van der Waals surface area contributed by atoms with Gasteiger partial charge in [-0.2, -0.15) is 0 Å². The van der Waals surface area contributed by atoms with Gasteiger partial charge >= 0.3 is 5.97 Å². The van der Waals surface area contributed by atoms with Crippen molar-refractivity contribution in [2.75, 3.05) is 12.9 Å². The van der Waals surface area contributed by atoms with E-state index in [0.717, 1.165) is 17.3 Å². The second kappa shape index (κ2) is 8.56. The lowest BCUT2D eigenvalue weighted by molar-refractivity contribution is -0.139. The van der Waals surface area contributed by atoms with Gasteiger partial charge in [0.2, 0.25) is 0 Å². The molecular formula is C16H22ClNO3SSi. The predicted molar refractivity (Wildman–Crippen MR) is 100 cm³/mol. The van der Waals surface area contributed by atoms with E-state index in [0.29, 0.717) is 5.02 Å². The zero-order chi connectivity index (χ0) is 17.6. The smallest absolute Gasteiger partial charge is 0.354 e. The first kappa shape index (κ1) is 19.8. The molecule has 126 valence electrons. The van der Waals surface area contributed by atoms with Crippen LogP contribution in [0.4, 0.5) is 4.79 Å². The molecule has 1 rings (SSSR count). The van der Waals surface area contributed by atoms with Crippen LogP contribution in [-0.4, -0.2) is 36.9 Å². The molecule has 0 aliphatic carbocycles. The summed E-state index contributed by atoms with van der Waals surface area (Å²) in [5.74, 6) is -0.493. The van der Waals surface area contributed by atoms with Crippen molar-refractivity contribution in [1.82, 2.24) is 4.57 Å². The Morgan fingerprint density at radius 2 is 1.83 bits per heavy atom. The van der Waals surface area contributed by atoms with Gasteiger partial charge in [0.05, 0.1) is 6.61 Å². The summed E-state index contributed by atoms with van der Waals surface area (Å²) in [6.07, 6.45) is 3.39. The SMILES string of the molecule is CCOC(=O)/C(=C/c1ccc(Cl)cc1)N(C(=O)SC)[Si](C)(C)C. The Morgan fingerprint density at radius 3 is 2.26 bits per heavy atom. The molecule has 0 N–H and O–H groups in total. The van der Waals surface area contributed by atoms with E-state index in [2.05, 4.69) is 0 Å². The van der Waals surface area contributed by atoms with Crippen LogP contribution in [0.2, 0.25) is 24.7 Å². The lowest BCUT2D eigenvalue weighted by atomic mass is 10.2. The minimum atomic E-state index is -2.12. The molecule has 1 amide bonds. The molecule has 0 saturated heterocycles. The van der Waals surface area contributed by atoms with Crippen molar-refractivity contribution >= 4 is 48.9 Å². The molecule has 0 heterocycles. The largest absolute Gasteiger partial charge is 0.461 e. The molecule has 0 atom stereocenters. The average molecular weight is 372 g/mol. The van der Waals surface area contributed by atoms with Crippen molar-refractivity contribution in [2.24, 2.45) is 0 Å². The fourth-order valence-corrected chi connectivity index (χ4v) is 4.89. The van der Waals surface area contributed by atoms with Crippen LogP contribution in [0, 0.1) is 0 Å². The van der Waals surface area contributed by atoms with E-state index in [9.17, 15) is 9.59 Å². The summed E-state index contributed by atoms with van der Waals surface area (Å²) in [7, 11) is -2.12. The maximum absolute atomic E-state index is 12.4. The summed E-state index contributed by atoms with van der Waals surface area (Å²) in [5.41, 5.74) is 1.06. The third-order valence-electron chi connectivity index (χ3n) is 2.93. The van der Waals surface area contributed by atoms with Crippen molar-refractivity contribution in [3.05, 3.63) is 40.5 Å². The van der Waals surface area contributed by atoms with Gasteiger partial charge in [0, 0.05) is 5.02 Å².